The Morgan fingerprint density at radius 2 is 2.20 bits per heavy atom. The summed E-state index contributed by atoms with van der Waals surface area (Å²) in [5.74, 6) is -0.255. The fourth-order valence-electron chi connectivity index (χ4n) is 1.38. The Hall–Kier alpha value is -1.67. The molecule has 1 amide bonds. The van der Waals surface area contributed by atoms with E-state index in [4.69, 9.17) is 0 Å². The molecule has 0 radical (unpaired) electrons. The van der Waals surface area contributed by atoms with E-state index in [1.54, 1.807) is 25.2 Å². The Labute approximate surface area is 124 Å². The Kier molecular flexibility index (Phi) is 5.31. The second-order valence-electron chi connectivity index (χ2n) is 3.78. The number of halogens is 1. The number of thioether (sulfide) groups is 1. The Morgan fingerprint density at radius 3 is 2.90 bits per heavy atom. The van der Waals surface area contributed by atoms with Crippen LogP contribution >= 0.6 is 23.1 Å². The van der Waals surface area contributed by atoms with Gasteiger partial charge in [0.1, 0.15) is 5.82 Å². The van der Waals surface area contributed by atoms with Crippen LogP contribution in [0.15, 0.2) is 28.6 Å². The van der Waals surface area contributed by atoms with Crippen molar-refractivity contribution in [3.8, 4) is 0 Å². The van der Waals surface area contributed by atoms with E-state index in [1.165, 1.54) is 29.2 Å². The van der Waals surface area contributed by atoms with Crippen molar-refractivity contribution in [1.82, 2.24) is 15.5 Å². The van der Waals surface area contributed by atoms with Gasteiger partial charge in [0.15, 0.2) is 4.34 Å². The molecule has 0 aliphatic heterocycles. The molecule has 2 rings (SSSR count). The van der Waals surface area contributed by atoms with Gasteiger partial charge in [-0.25, -0.2) is 4.39 Å². The fraction of sp³-hybridized carbons (Fsp3) is 0.250. The minimum atomic E-state index is -0.316. The van der Waals surface area contributed by atoms with E-state index >= 15 is 0 Å². The molecule has 2 N–H and O–H groups in total. The minimum absolute atomic E-state index is 0.167. The summed E-state index contributed by atoms with van der Waals surface area (Å²) in [5.41, 5.74) is 0.472. The molecule has 0 saturated carbocycles. The summed E-state index contributed by atoms with van der Waals surface area (Å²) in [6.07, 6.45) is 0. The highest BCUT2D eigenvalue weighted by Crippen LogP contribution is 2.24. The molecular formula is C12H13FN4OS2. The lowest BCUT2D eigenvalue weighted by Crippen LogP contribution is -2.24. The lowest BCUT2D eigenvalue weighted by molar-refractivity contribution is -0.118. The molecule has 1 aromatic heterocycles. The summed E-state index contributed by atoms with van der Waals surface area (Å²) in [4.78, 5) is 11.7. The molecule has 0 bridgehead atoms. The summed E-state index contributed by atoms with van der Waals surface area (Å²) in [6, 6.07) is 6.37. The molecule has 0 spiro atoms. The van der Waals surface area contributed by atoms with E-state index in [1.807, 2.05) is 0 Å². The minimum Gasteiger partial charge on any atom is -0.363 e. The quantitative estimate of drug-likeness (QED) is 0.800. The van der Waals surface area contributed by atoms with Crippen LogP contribution in [0.5, 0.6) is 0 Å². The predicted octanol–water partition coefficient (Wildman–Crippen LogP) is 2.13. The van der Waals surface area contributed by atoms with Crippen molar-refractivity contribution in [2.75, 3.05) is 18.1 Å². The average molecular weight is 312 g/mol. The van der Waals surface area contributed by atoms with Gasteiger partial charge in [-0.1, -0.05) is 41.3 Å². The number of hydrogen-bond acceptors (Lipinski definition) is 6. The molecular weight excluding hydrogens is 299 g/mol. The first kappa shape index (κ1) is 14.7. The number of aromatic nitrogens is 2. The first-order valence-corrected chi connectivity index (χ1v) is 7.63. The van der Waals surface area contributed by atoms with Crippen molar-refractivity contribution >= 4 is 34.1 Å². The van der Waals surface area contributed by atoms with Crippen LogP contribution in [0.3, 0.4) is 0 Å². The molecule has 2 aromatic rings. The molecule has 0 aliphatic carbocycles. The largest absolute Gasteiger partial charge is 0.363 e. The fourth-order valence-corrected chi connectivity index (χ4v) is 2.92. The Morgan fingerprint density at radius 1 is 1.40 bits per heavy atom. The van der Waals surface area contributed by atoms with Gasteiger partial charge < -0.3 is 10.6 Å². The molecule has 0 atom stereocenters. The monoisotopic (exact) mass is 312 g/mol. The average Bonchev–Trinajstić information content (AvgIpc) is 2.92. The third kappa shape index (κ3) is 4.17. The highest BCUT2D eigenvalue weighted by molar-refractivity contribution is 8.01. The first-order valence-electron chi connectivity index (χ1n) is 5.83. The van der Waals surface area contributed by atoms with Crippen molar-refractivity contribution in [2.45, 2.75) is 10.9 Å². The highest BCUT2D eigenvalue weighted by Gasteiger charge is 2.08. The number of amides is 1. The number of anilines is 1. The number of carbonyl (C=O) groups excluding carboxylic acids is 1. The van der Waals surface area contributed by atoms with E-state index in [-0.39, 0.29) is 24.0 Å². The zero-order valence-corrected chi connectivity index (χ0v) is 12.4. The van der Waals surface area contributed by atoms with E-state index in [9.17, 15) is 9.18 Å². The molecule has 0 saturated heterocycles. The lowest BCUT2D eigenvalue weighted by Gasteiger charge is -2.05. The molecule has 106 valence electrons. The number of nitrogens with one attached hydrogen (secondary N) is 2. The van der Waals surface area contributed by atoms with Crippen molar-refractivity contribution in [2.24, 2.45) is 0 Å². The number of rotatable bonds is 6. The van der Waals surface area contributed by atoms with Gasteiger partial charge in [0.05, 0.1) is 5.75 Å². The van der Waals surface area contributed by atoms with Crippen molar-refractivity contribution in [3.05, 3.63) is 35.6 Å². The summed E-state index contributed by atoms with van der Waals surface area (Å²) in [7, 11) is 1.76. The van der Waals surface area contributed by atoms with E-state index < -0.39 is 0 Å². The summed E-state index contributed by atoms with van der Waals surface area (Å²) >= 11 is 2.68. The topological polar surface area (TPSA) is 66.9 Å². The van der Waals surface area contributed by atoms with Crippen LogP contribution in [-0.4, -0.2) is 28.9 Å². The van der Waals surface area contributed by atoms with Crippen LogP contribution < -0.4 is 10.6 Å². The van der Waals surface area contributed by atoms with E-state index in [2.05, 4.69) is 20.8 Å². The third-order valence-electron chi connectivity index (χ3n) is 2.38. The van der Waals surface area contributed by atoms with Gasteiger partial charge >= 0.3 is 0 Å². The number of carbonyl (C=O) groups is 1. The van der Waals surface area contributed by atoms with Gasteiger partial charge in [-0.05, 0) is 6.07 Å². The maximum Gasteiger partial charge on any atom is 0.230 e. The number of hydrogen-bond donors (Lipinski definition) is 2. The lowest BCUT2D eigenvalue weighted by atomic mass is 10.2. The standard InChI is InChI=1S/C12H13FN4OS2/c1-14-11-16-17-12(20-11)19-7-10(18)15-6-8-4-2-3-5-9(8)13/h2-5H,6-7H2,1H3,(H,14,16)(H,15,18). The zero-order valence-electron chi connectivity index (χ0n) is 10.7. The van der Waals surface area contributed by atoms with E-state index in [0.717, 1.165) is 4.34 Å². The van der Waals surface area contributed by atoms with Crippen LogP contribution in [0, 0.1) is 5.82 Å². The second-order valence-corrected chi connectivity index (χ2v) is 5.98. The predicted molar refractivity (Wildman–Crippen MR) is 78.4 cm³/mol. The van der Waals surface area contributed by atoms with E-state index in [0.29, 0.717) is 10.7 Å². The molecule has 20 heavy (non-hydrogen) atoms. The summed E-state index contributed by atoms with van der Waals surface area (Å²) in [5, 5.41) is 14.1. The zero-order chi connectivity index (χ0) is 14.4. The van der Waals surface area contributed by atoms with Crippen molar-refractivity contribution < 1.29 is 9.18 Å². The normalized spacial score (nSPS) is 10.3. The van der Waals surface area contributed by atoms with Crippen LogP contribution in [0.2, 0.25) is 0 Å². The van der Waals surface area contributed by atoms with Crippen molar-refractivity contribution in [3.63, 3.8) is 0 Å². The van der Waals surface area contributed by atoms with Crippen LogP contribution in [-0.2, 0) is 11.3 Å². The van der Waals surface area contributed by atoms with Crippen LogP contribution in [0.25, 0.3) is 0 Å². The van der Waals surface area contributed by atoms with Gasteiger partial charge in [-0.15, -0.1) is 10.2 Å². The molecule has 0 fully saturated rings. The Balaban J connectivity index is 1.77. The second kappa shape index (κ2) is 7.20. The van der Waals surface area contributed by atoms with Gasteiger partial charge in [0, 0.05) is 19.2 Å². The van der Waals surface area contributed by atoms with Gasteiger partial charge in [0.2, 0.25) is 11.0 Å². The van der Waals surface area contributed by atoms with Gasteiger partial charge in [0.25, 0.3) is 0 Å². The Bertz CT molecular complexity index is 590. The third-order valence-corrected chi connectivity index (χ3v) is 4.45. The summed E-state index contributed by atoms with van der Waals surface area (Å²) in [6.45, 7) is 0.184. The molecule has 8 heteroatoms. The smallest absolute Gasteiger partial charge is 0.230 e. The SMILES string of the molecule is CNc1nnc(SCC(=O)NCc2ccccc2F)s1. The molecule has 0 unspecified atom stereocenters. The maximum absolute atomic E-state index is 13.4. The maximum atomic E-state index is 13.4. The highest BCUT2D eigenvalue weighted by atomic mass is 32.2. The number of benzene rings is 1. The molecule has 1 heterocycles. The van der Waals surface area contributed by atoms with Gasteiger partial charge in [-0.2, -0.15) is 0 Å². The van der Waals surface area contributed by atoms with Crippen LogP contribution in [0.1, 0.15) is 5.56 Å². The van der Waals surface area contributed by atoms with Gasteiger partial charge in [-0.3, -0.25) is 4.79 Å². The summed E-state index contributed by atoms with van der Waals surface area (Å²) < 4.78 is 14.1. The number of nitrogens with zero attached hydrogens (tertiary/aromatic N) is 2. The van der Waals surface area contributed by atoms with Crippen molar-refractivity contribution in [1.29, 1.82) is 0 Å². The molecule has 1 aromatic carbocycles. The molecule has 5 nitrogen and oxygen atoms in total. The molecule has 0 aliphatic rings. The van der Waals surface area contributed by atoms with Crippen LogP contribution in [0.4, 0.5) is 9.52 Å². The first-order chi connectivity index (χ1) is 9.69.